The normalized spacial score (nSPS) is 17.2. The van der Waals surface area contributed by atoms with Crippen molar-refractivity contribution >= 4 is 17.8 Å². The summed E-state index contributed by atoms with van der Waals surface area (Å²) in [4.78, 5) is 33.4. The summed E-state index contributed by atoms with van der Waals surface area (Å²) in [6, 6.07) is -3.14. The number of hydrogen-bond donors (Lipinski definition) is 5. The third kappa shape index (κ3) is 5.11. The van der Waals surface area contributed by atoms with Gasteiger partial charge in [-0.05, 0) is 20.8 Å². The van der Waals surface area contributed by atoms with E-state index >= 15 is 0 Å². The Balaban J connectivity index is 4.32. The average molecular weight is 261 g/mol. The predicted octanol–water partition coefficient (Wildman–Crippen LogP) is -2.21. The number of carbonyl (C=O) groups excluding carboxylic acids is 2. The highest BCUT2D eigenvalue weighted by molar-refractivity contribution is 5.91. The number of aliphatic carboxylic acids is 1. The molecule has 0 aliphatic heterocycles. The van der Waals surface area contributed by atoms with Crippen molar-refractivity contribution in [3.63, 3.8) is 0 Å². The molecule has 0 aromatic rings. The second kappa shape index (κ2) is 6.92. The van der Waals surface area contributed by atoms with Crippen LogP contribution >= 0.6 is 0 Å². The maximum atomic E-state index is 11.5. The highest BCUT2D eigenvalue weighted by atomic mass is 16.4. The van der Waals surface area contributed by atoms with Crippen LogP contribution in [0.2, 0.25) is 0 Å². The zero-order valence-electron chi connectivity index (χ0n) is 10.5. The lowest BCUT2D eigenvalue weighted by molar-refractivity contribution is -0.141. The summed E-state index contributed by atoms with van der Waals surface area (Å²) in [5, 5.41) is 22.2. The van der Waals surface area contributed by atoms with Crippen LogP contribution in [0.5, 0.6) is 0 Å². The van der Waals surface area contributed by atoms with Gasteiger partial charge in [-0.2, -0.15) is 0 Å². The van der Waals surface area contributed by atoms with E-state index in [1.54, 1.807) is 0 Å². The molecule has 0 aromatic heterocycles. The van der Waals surface area contributed by atoms with Crippen molar-refractivity contribution in [1.82, 2.24) is 10.6 Å². The summed E-state index contributed by atoms with van der Waals surface area (Å²) < 4.78 is 0. The summed E-state index contributed by atoms with van der Waals surface area (Å²) >= 11 is 0. The van der Waals surface area contributed by atoms with Crippen LogP contribution in [0.4, 0.5) is 0 Å². The van der Waals surface area contributed by atoms with E-state index in [1.165, 1.54) is 20.8 Å². The number of nitrogens with two attached hydrogens (primary N) is 1. The van der Waals surface area contributed by atoms with E-state index in [4.69, 9.17) is 15.9 Å². The van der Waals surface area contributed by atoms with Gasteiger partial charge in [-0.1, -0.05) is 0 Å². The number of nitrogens with one attached hydrogen (secondary N) is 2. The number of amides is 2. The summed E-state index contributed by atoms with van der Waals surface area (Å²) in [7, 11) is 0. The molecule has 0 saturated heterocycles. The largest absolute Gasteiger partial charge is 0.480 e. The fourth-order valence-electron chi connectivity index (χ4n) is 0.994. The fourth-order valence-corrected chi connectivity index (χ4v) is 0.994. The summed E-state index contributed by atoms with van der Waals surface area (Å²) in [5.41, 5.74) is 5.37. The first-order valence-corrected chi connectivity index (χ1v) is 5.44. The first kappa shape index (κ1) is 16.3. The number of hydrogen-bond acceptors (Lipinski definition) is 5. The van der Waals surface area contributed by atoms with Crippen molar-refractivity contribution in [2.75, 3.05) is 0 Å². The molecule has 6 N–H and O–H groups in total. The van der Waals surface area contributed by atoms with Gasteiger partial charge in [-0.25, -0.2) is 0 Å². The van der Waals surface area contributed by atoms with Gasteiger partial charge in [-0.3, -0.25) is 14.4 Å². The Morgan fingerprint density at radius 3 is 1.83 bits per heavy atom. The molecule has 104 valence electrons. The monoisotopic (exact) mass is 261 g/mol. The zero-order chi connectivity index (χ0) is 14.5. The molecule has 4 unspecified atom stereocenters. The minimum absolute atomic E-state index is 0.643. The van der Waals surface area contributed by atoms with E-state index in [0.717, 1.165) is 0 Å². The minimum Gasteiger partial charge on any atom is -0.480 e. The van der Waals surface area contributed by atoms with Gasteiger partial charge >= 0.3 is 5.97 Å². The van der Waals surface area contributed by atoms with Gasteiger partial charge < -0.3 is 26.6 Å². The fraction of sp³-hybridized carbons (Fsp3) is 0.700. The van der Waals surface area contributed by atoms with Crippen LogP contribution in [0.3, 0.4) is 0 Å². The molecule has 8 nitrogen and oxygen atoms in total. The molecule has 0 aromatic carbocycles. The Labute approximate surface area is 105 Å². The van der Waals surface area contributed by atoms with Crippen molar-refractivity contribution in [2.45, 2.75) is 45.0 Å². The average Bonchev–Trinajstić information content (AvgIpc) is 2.26. The molecule has 8 heteroatoms. The highest BCUT2D eigenvalue weighted by Crippen LogP contribution is 1.92. The number of carboxylic acid groups (broad SMARTS) is 1. The van der Waals surface area contributed by atoms with Crippen molar-refractivity contribution in [3.05, 3.63) is 0 Å². The lowest BCUT2D eigenvalue weighted by Gasteiger charge is -2.19. The molecule has 18 heavy (non-hydrogen) atoms. The SMILES string of the molecule is CC(NC(=O)C(C)NC(=O)C(N)C(C)O)C(=O)O. The van der Waals surface area contributed by atoms with Gasteiger partial charge in [0, 0.05) is 0 Å². The van der Waals surface area contributed by atoms with Crippen LogP contribution in [0, 0.1) is 0 Å². The van der Waals surface area contributed by atoms with Crippen LogP contribution in [-0.4, -0.2) is 52.2 Å². The van der Waals surface area contributed by atoms with Crippen LogP contribution in [0.1, 0.15) is 20.8 Å². The molecule has 0 aliphatic rings. The Bertz CT molecular complexity index is 331. The number of rotatable bonds is 6. The molecule has 0 rings (SSSR count). The first-order valence-electron chi connectivity index (χ1n) is 5.44. The van der Waals surface area contributed by atoms with Crippen LogP contribution in [-0.2, 0) is 14.4 Å². The number of aliphatic hydroxyl groups excluding tert-OH is 1. The Kier molecular flexibility index (Phi) is 6.28. The lowest BCUT2D eigenvalue weighted by Crippen LogP contribution is -2.54. The maximum absolute atomic E-state index is 11.5. The first-order chi connectivity index (χ1) is 8.16. The molecular formula is C10H19N3O5. The topological polar surface area (TPSA) is 142 Å². The molecule has 0 saturated carbocycles. The zero-order valence-corrected chi connectivity index (χ0v) is 10.5. The highest BCUT2D eigenvalue weighted by Gasteiger charge is 2.24. The number of carbonyl (C=O) groups is 3. The number of aliphatic hydroxyl groups is 1. The molecule has 0 bridgehead atoms. The van der Waals surface area contributed by atoms with Gasteiger partial charge in [0.1, 0.15) is 18.1 Å². The van der Waals surface area contributed by atoms with Gasteiger partial charge in [-0.15, -0.1) is 0 Å². The lowest BCUT2D eigenvalue weighted by atomic mass is 10.1. The van der Waals surface area contributed by atoms with E-state index in [2.05, 4.69) is 10.6 Å². The van der Waals surface area contributed by atoms with Crippen molar-refractivity contribution in [2.24, 2.45) is 5.73 Å². The Hall–Kier alpha value is -1.67. The van der Waals surface area contributed by atoms with Crippen LogP contribution in [0.25, 0.3) is 0 Å². The predicted molar refractivity (Wildman–Crippen MR) is 62.5 cm³/mol. The standard InChI is InChI=1S/C10H19N3O5/c1-4(8(15)13-5(2)10(17)18)12-9(16)7(11)6(3)14/h4-7,14H,11H2,1-3H3,(H,12,16)(H,13,15)(H,17,18). The Morgan fingerprint density at radius 1 is 1.00 bits per heavy atom. The molecule has 0 fully saturated rings. The third-order valence-electron chi connectivity index (χ3n) is 2.30. The van der Waals surface area contributed by atoms with E-state index in [1.807, 2.05) is 0 Å². The number of carboxylic acids is 1. The Morgan fingerprint density at radius 2 is 1.44 bits per heavy atom. The third-order valence-corrected chi connectivity index (χ3v) is 2.30. The van der Waals surface area contributed by atoms with Crippen molar-refractivity contribution < 1.29 is 24.6 Å². The summed E-state index contributed by atoms with van der Waals surface area (Å²) in [6.45, 7) is 4.04. The molecule has 0 spiro atoms. The van der Waals surface area contributed by atoms with Gasteiger partial charge in [0.25, 0.3) is 0 Å². The van der Waals surface area contributed by atoms with Gasteiger partial charge in [0.05, 0.1) is 6.10 Å². The summed E-state index contributed by atoms with van der Waals surface area (Å²) in [6.07, 6.45) is -1.04. The second-order valence-electron chi connectivity index (χ2n) is 4.07. The maximum Gasteiger partial charge on any atom is 0.325 e. The molecular weight excluding hydrogens is 242 g/mol. The van der Waals surface area contributed by atoms with Crippen molar-refractivity contribution in [1.29, 1.82) is 0 Å². The van der Waals surface area contributed by atoms with E-state index in [9.17, 15) is 14.4 Å². The van der Waals surface area contributed by atoms with E-state index < -0.39 is 42.0 Å². The molecule has 0 radical (unpaired) electrons. The van der Waals surface area contributed by atoms with Crippen molar-refractivity contribution in [3.8, 4) is 0 Å². The van der Waals surface area contributed by atoms with Crippen LogP contribution in [0.15, 0.2) is 0 Å². The molecule has 4 atom stereocenters. The van der Waals surface area contributed by atoms with Gasteiger partial charge in [0.15, 0.2) is 0 Å². The smallest absolute Gasteiger partial charge is 0.325 e. The van der Waals surface area contributed by atoms with Crippen LogP contribution < -0.4 is 16.4 Å². The second-order valence-corrected chi connectivity index (χ2v) is 4.07. The minimum atomic E-state index is -1.18. The molecule has 0 heterocycles. The van der Waals surface area contributed by atoms with Gasteiger partial charge in [0.2, 0.25) is 11.8 Å². The quantitative estimate of drug-likeness (QED) is 0.367. The summed E-state index contributed by atoms with van der Waals surface area (Å²) in [5.74, 6) is -2.51. The molecule has 0 aliphatic carbocycles. The van der Waals surface area contributed by atoms with E-state index in [-0.39, 0.29) is 0 Å². The molecule has 2 amide bonds. The van der Waals surface area contributed by atoms with E-state index in [0.29, 0.717) is 0 Å².